The molecule has 3 aromatic heterocycles. The van der Waals surface area contributed by atoms with Gasteiger partial charge in [-0.25, -0.2) is 9.78 Å². The van der Waals surface area contributed by atoms with Gasteiger partial charge in [-0.1, -0.05) is 29.0 Å². The predicted molar refractivity (Wildman–Crippen MR) is 84.6 cm³/mol. The molecular formula is C13H7ClN2O3S2. The van der Waals surface area contributed by atoms with Gasteiger partial charge in [0, 0.05) is 11.1 Å². The summed E-state index contributed by atoms with van der Waals surface area (Å²) < 4.78 is 1.15. The van der Waals surface area contributed by atoms with E-state index in [0.29, 0.717) is 10.7 Å². The topological polar surface area (TPSA) is 71.7 Å². The van der Waals surface area contributed by atoms with Crippen LogP contribution in [0.15, 0.2) is 28.5 Å². The molecule has 0 aliphatic rings. The molecule has 0 atom stereocenters. The first kappa shape index (κ1) is 14.0. The lowest BCUT2D eigenvalue weighted by molar-refractivity contribution is 0.0702. The molecule has 8 heteroatoms. The number of halogens is 1. The largest absolute Gasteiger partial charge is 0.477 e. The molecule has 3 aromatic rings. The third kappa shape index (κ3) is 2.63. The van der Waals surface area contributed by atoms with Gasteiger partial charge in [0.05, 0.1) is 5.69 Å². The Bertz CT molecular complexity index is 910. The Balaban J connectivity index is 2.13. The number of hydrogen-bond acceptors (Lipinski definition) is 5. The van der Waals surface area contributed by atoms with Crippen LogP contribution in [0.25, 0.3) is 17.1 Å². The Morgan fingerprint density at radius 2 is 2.24 bits per heavy atom. The first-order valence-corrected chi connectivity index (χ1v) is 7.80. The smallest absolute Gasteiger partial charge is 0.347 e. The van der Waals surface area contributed by atoms with Crippen LogP contribution in [0.3, 0.4) is 0 Å². The lowest BCUT2D eigenvalue weighted by atomic mass is 10.3. The second-order valence-electron chi connectivity index (χ2n) is 4.02. The predicted octanol–water partition coefficient (Wildman–Crippen LogP) is 3.34. The van der Waals surface area contributed by atoms with E-state index < -0.39 is 11.5 Å². The normalized spacial score (nSPS) is 11.5. The third-order valence-corrected chi connectivity index (χ3v) is 4.82. The molecule has 3 heterocycles. The lowest BCUT2D eigenvalue weighted by Gasteiger charge is -1.98. The molecular weight excluding hydrogens is 332 g/mol. The Morgan fingerprint density at radius 1 is 1.43 bits per heavy atom. The molecule has 0 saturated heterocycles. The number of thiazole rings is 1. The van der Waals surface area contributed by atoms with Gasteiger partial charge in [0.15, 0.2) is 4.96 Å². The maximum Gasteiger partial charge on any atom is 0.347 e. The van der Waals surface area contributed by atoms with Crippen molar-refractivity contribution in [2.45, 2.75) is 0 Å². The molecule has 5 nitrogen and oxygen atoms in total. The van der Waals surface area contributed by atoms with Crippen LogP contribution in [0.2, 0.25) is 5.02 Å². The minimum Gasteiger partial charge on any atom is -0.477 e. The van der Waals surface area contributed by atoms with E-state index in [1.807, 2.05) is 17.5 Å². The van der Waals surface area contributed by atoms with Gasteiger partial charge in [0.1, 0.15) is 9.90 Å². The van der Waals surface area contributed by atoms with Crippen molar-refractivity contribution < 1.29 is 9.90 Å². The second-order valence-corrected chi connectivity index (χ2v) is 6.38. The molecule has 0 saturated carbocycles. The van der Waals surface area contributed by atoms with Crippen LogP contribution >= 0.6 is 34.3 Å². The van der Waals surface area contributed by atoms with Gasteiger partial charge in [0.25, 0.3) is 5.56 Å². The molecule has 3 rings (SSSR count). The molecule has 0 aliphatic heterocycles. The summed E-state index contributed by atoms with van der Waals surface area (Å²) in [6.07, 6.45) is 4.69. The van der Waals surface area contributed by atoms with Crippen LogP contribution in [-0.4, -0.2) is 20.5 Å². The molecule has 1 N–H and O–H groups in total. The highest BCUT2D eigenvalue weighted by Gasteiger charge is 2.14. The first-order chi connectivity index (χ1) is 10.1. The molecule has 106 valence electrons. The van der Waals surface area contributed by atoms with Crippen molar-refractivity contribution in [3.8, 4) is 0 Å². The van der Waals surface area contributed by atoms with E-state index in [9.17, 15) is 9.59 Å². The van der Waals surface area contributed by atoms with Crippen molar-refractivity contribution in [2.75, 3.05) is 0 Å². The quantitative estimate of drug-likeness (QED) is 0.795. The van der Waals surface area contributed by atoms with E-state index in [4.69, 9.17) is 16.7 Å². The third-order valence-electron chi connectivity index (χ3n) is 2.66. The van der Waals surface area contributed by atoms with Crippen LogP contribution in [0.5, 0.6) is 0 Å². The zero-order chi connectivity index (χ0) is 15.0. The standard InChI is InChI=1S/C13H7ClN2O3S2/c14-10-8(4-3-7-2-1-5-20-7)15-13-16(11(10)17)6-9(21-13)12(18)19/h1-6H,(H,18,19)/b4-3+. The van der Waals surface area contributed by atoms with Gasteiger partial charge in [-0.3, -0.25) is 9.20 Å². The molecule has 0 fully saturated rings. The Labute approximate surface area is 131 Å². The van der Waals surface area contributed by atoms with Gasteiger partial charge in [-0.05, 0) is 23.6 Å². The molecule has 0 bridgehead atoms. The number of aromatic nitrogens is 2. The molecule has 0 aliphatic carbocycles. The van der Waals surface area contributed by atoms with Crippen LogP contribution in [0.1, 0.15) is 20.2 Å². The summed E-state index contributed by atoms with van der Waals surface area (Å²) in [5.41, 5.74) is -0.148. The average molecular weight is 339 g/mol. The van der Waals surface area contributed by atoms with E-state index in [0.717, 1.165) is 20.6 Å². The van der Waals surface area contributed by atoms with Crippen molar-refractivity contribution in [1.29, 1.82) is 0 Å². The highest BCUT2D eigenvalue weighted by Crippen LogP contribution is 2.20. The number of rotatable bonds is 3. The highest BCUT2D eigenvalue weighted by molar-refractivity contribution is 7.18. The zero-order valence-electron chi connectivity index (χ0n) is 10.3. The van der Waals surface area contributed by atoms with Gasteiger partial charge < -0.3 is 5.11 Å². The van der Waals surface area contributed by atoms with Crippen LogP contribution < -0.4 is 5.56 Å². The SMILES string of the molecule is O=C(O)c1cn2c(=O)c(Cl)c(/C=C/c3cccs3)nc2s1. The van der Waals surface area contributed by atoms with Crippen LogP contribution in [-0.2, 0) is 0 Å². The minimum absolute atomic E-state index is 0.0324. The number of fused-ring (bicyclic) bond motifs is 1. The second kappa shape index (κ2) is 5.44. The summed E-state index contributed by atoms with van der Waals surface area (Å²) in [6, 6.07) is 3.84. The Morgan fingerprint density at radius 3 is 2.90 bits per heavy atom. The van der Waals surface area contributed by atoms with Gasteiger partial charge >= 0.3 is 5.97 Å². The fourth-order valence-corrected chi connectivity index (χ4v) is 3.33. The van der Waals surface area contributed by atoms with E-state index >= 15 is 0 Å². The fraction of sp³-hybridized carbons (Fsp3) is 0. The maximum atomic E-state index is 12.1. The number of carbonyl (C=O) groups is 1. The number of carboxylic acid groups (broad SMARTS) is 1. The monoisotopic (exact) mass is 338 g/mol. The molecule has 0 aromatic carbocycles. The molecule has 0 unspecified atom stereocenters. The Kier molecular flexibility index (Phi) is 3.62. The summed E-state index contributed by atoms with van der Waals surface area (Å²) in [5.74, 6) is -1.10. The van der Waals surface area contributed by atoms with Crippen LogP contribution in [0.4, 0.5) is 0 Å². The van der Waals surface area contributed by atoms with E-state index in [-0.39, 0.29) is 9.90 Å². The zero-order valence-corrected chi connectivity index (χ0v) is 12.7. The van der Waals surface area contributed by atoms with E-state index in [1.54, 1.807) is 23.5 Å². The molecule has 0 amide bonds. The van der Waals surface area contributed by atoms with Crippen molar-refractivity contribution in [3.05, 3.63) is 54.5 Å². The van der Waals surface area contributed by atoms with Crippen molar-refractivity contribution in [3.63, 3.8) is 0 Å². The van der Waals surface area contributed by atoms with Crippen molar-refractivity contribution in [1.82, 2.24) is 9.38 Å². The number of nitrogens with zero attached hydrogens (tertiary/aromatic N) is 2. The Hall–Kier alpha value is -1.96. The van der Waals surface area contributed by atoms with Crippen molar-refractivity contribution in [2.24, 2.45) is 0 Å². The average Bonchev–Trinajstić information content (AvgIpc) is 3.10. The first-order valence-electron chi connectivity index (χ1n) is 5.73. The van der Waals surface area contributed by atoms with Crippen molar-refractivity contribution >= 4 is 57.4 Å². The van der Waals surface area contributed by atoms with Gasteiger partial charge in [0.2, 0.25) is 0 Å². The van der Waals surface area contributed by atoms with E-state index in [1.165, 1.54) is 6.20 Å². The molecule has 0 radical (unpaired) electrons. The van der Waals surface area contributed by atoms with Gasteiger partial charge in [-0.15, -0.1) is 11.3 Å². The summed E-state index contributed by atoms with van der Waals surface area (Å²) in [5, 5.41) is 10.9. The maximum absolute atomic E-state index is 12.1. The summed E-state index contributed by atoms with van der Waals surface area (Å²) in [7, 11) is 0. The number of thiophene rings is 1. The lowest BCUT2D eigenvalue weighted by Crippen LogP contribution is -2.14. The molecule has 0 spiro atoms. The molecule has 21 heavy (non-hydrogen) atoms. The summed E-state index contributed by atoms with van der Waals surface area (Å²) in [4.78, 5) is 28.7. The number of hydrogen-bond donors (Lipinski definition) is 1. The highest BCUT2D eigenvalue weighted by atomic mass is 35.5. The summed E-state index contributed by atoms with van der Waals surface area (Å²) in [6.45, 7) is 0. The number of aromatic carboxylic acids is 1. The number of carboxylic acids is 1. The summed E-state index contributed by atoms with van der Waals surface area (Å²) >= 11 is 8.49. The van der Waals surface area contributed by atoms with E-state index in [2.05, 4.69) is 4.98 Å². The van der Waals surface area contributed by atoms with Crippen LogP contribution in [0, 0.1) is 0 Å². The van der Waals surface area contributed by atoms with Gasteiger partial charge in [-0.2, -0.15) is 0 Å². The minimum atomic E-state index is -1.10. The fourth-order valence-electron chi connectivity index (χ4n) is 1.69.